The first-order valence-corrected chi connectivity index (χ1v) is 23.6. The van der Waals surface area contributed by atoms with Crippen molar-refractivity contribution >= 4 is 44.9 Å². The van der Waals surface area contributed by atoms with Crippen molar-refractivity contribution < 1.29 is 0 Å². The van der Waals surface area contributed by atoms with E-state index in [9.17, 15) is 0 Å². The van der Waals surface area contributed by atoms with Gasteiger partial charge in [0.2, 0.25) is 0 Å². The summed E-state index contributed by atoms with van der Waals surface area (Å²) < 4.78 is 0. The monoisotopic (exact) mass is 866 g/mol. The highest BCUT2D eigenvalue weighted by Crippen LogP contribution is 2.65. The summed E-state index contributed by atoms with van der Waals surface area (Å²) in [4.78, 5) is 4.77. The summed E-state index contributed by atoms with van der Waals surface area (Å²) in [6.45, 7) is 0. The number of anilines is 6. The first-order chi connectivity index (χ1) is 33.7. The zero-order valence-electron chi connectivity index (χ0n) is 37.5. The lowest BCUT2D eigenvalue weighted by atomic mass is 9.51. The van der Waals surface area contributed by atoms with E-state index in [4.69, 9.17) is 0 Å². The zero-order valence-corrected chi connectivity index (χ0v) is 37.5. The lowest BCUT2D eigenvalue weighted by molar-refractivity contribution is 0.623. The van der Waals surface area contributed by atoms with Crippen molar-refractivity contribution in [1.29, 1.82) is 0 Å². The highest BCUT2D eigenvalue weighted by Gasteiger charge is 2.56. The summed E-state index contributed by atoms with van der Waals surface area (Å²) in [5.74, 6) is 0. The van der Waals surface area contributed by atoms with Crippen molar-refractivity contribution in [1.82, 2.24) is 0 Å². The van der Waals surface area contributed by atoms with Gasteiger partial charge in [-0.1, -0.05) is 206 Å². The van der Waals surface area contributed by atoms with E-state index in [1.54, 1.807) is 0 Å². The molecule has 2 aliphatic carbocycles. The molecule has 2 aliphatic rings. The molecule has 1 spiro atoms. The van der Waals surface area contributed by atoms with E-state index in [1.165, 1.54) is 66.4 Å². The Balaban J connectivity index is 1.02. The Bertz CT molecular complexity index is 3530. The van der Waals surface area contributed by atoms with Gasteiger partial charge in [-0.05, 0) is 139 Å². The third-order valence-corrected chi connectivity index (χ3v) is 14.6. The molecule has 0 atom stereocenters. The van der Waals surface area contributed by atoms with Crippen LogP contribution in [0.1, 0.15) is 44.5 Å². The molecule has 2 heteroatoms. The first kappa shape index (κ1) is 39.6. The van der Waals surface area contributed by atoms with Crippen LogP contribution < -0.4 is 9.80 Å². The fourth-order valence-corrected chi connectivity index (χ4v) is 11.8. The van der Waals surface area contributed by atoms with Crippen LogP contribution in [0.5, 0.6) is 0 Å². The van der Waals surface area contributed by atoms with E-state index in [0.29, 0.717) is 0 Å². The number of fused-ring (bicyclic) bond motifs is 10. The topological polar surface area (TPSA) is 6.48 Å². The zero-order chi connectivity index (χ0) is 45.1. The number of benzene rings is 11. The van der Waals surface area contributed by atoms with Crippen molar-refractivity contribution in [2.24, 2.45) is 0 Å². The molecule has 0 N–H and O–H groups in total. The van der Waals surface area contributed by atoms with Crippen LogP contribution >= 0.6 is 0 Å². The van der Waals surface area contributed by atoms with Gasteiger partial charge in [0, 0.05) is 34.1 Å². The predicted octanol–water partition coefficient (Wildman–Crippen LogP) is 16.8. The third-order valence-electron chi connectivity index (χ3n) is 14.6. The standard InChI is InChI=1S/C66H46N2/c1-5-23-49(24-6-1)65(50-25-7-2-8-26-50)60-33-17-19-35-62(60)66(63-36-20-18-34-61(63)65)59-32-16-15-31-57(59)58-44-43-56(46-64(58)66)68(52-29-11-4-12-30-52)54-41-39-53(40-42-54)67(51-27-9-3-10-28-51)55-38-37-47-21-13-14-22-48(47)45-55/h1-46H. The van der Waals surface area contributed by atoms with Gasteiger partial charge < -0.3 is 9.80 Å². The minimum Gasteiger partial charge on any atom is -0.310 e. The summed E-state index contributed by atoms with van der Waals surface area (Å²) in [6.07, 6.45) is 0. The van der Waals surface area contributed by atoms with Crippen molar-refractivity contribution in [3.8, 4) is 11.1 Å². The summed E-state index contributed by atoms with van der Waals surface area (Å²) in [7, 11) is 0. The second kappa shape index (κ2) is 16.0. The number of rotatable bonds is 8. The fourth-order valence-electron chi connectivity index (χ4n) is 11.8. The summed E-state index contributed by atoms with van der Waals surface area (Å²) in [6, 6.07) is 103. The van der Waals surface area contributed by atoms with Gasteiger partial charge >= 0.3 is 0 Å². The van der Waals surface area contributed by atoms with E-state index in [1.807, 2.05) is 0 Å². The van der Waals surface area contributed by atoms with E-state index >= 15 is 0 Å². The predicted molar refractivity (Wildman–Crippen MR) is 282 cm³/mol. The molecule has 320 valence electrons. The van der Waals surface area contributed by atoms with Gasteiger partial charge in [0.25, 0.3) is 0 Å². The number of nitrogens with zero attached hydrogens (tertiary/aromatic N) is 2. The molecule has 11 aromatic carbocycles. The Morgan fingerprint density at radius 3 is 1.09 bits per heavy atom. The van der Waals surface area contributed by atoms with Crippen molar-refractivity contribution in [3.63, 3.8) is 0 Å². The van der Waals surface area contributed by atoms with Gasteiger partial charge in [-0.25, -0.2) is 0 Å². The SMILES string of the molecule is c1ccc(N(c2ccc(N(c3ccccc3)c3ccc4ccccc4c3)cc2)c2ccc3c(c2)C2(c4ccccc4-3)c3ccccc3C(c3ccccc3)(c3ccccc3)c3ccccc32)cc1. The summed E-state index contributed by atoms with van der Waals surface area (Å²) in [5.41, 5.74) is 18.3. The molecule has 11 aromatic rings. The minimum absolute atomic E-state index is 0.561. The van der Waals surface area contributed by atoms with Gasteiger partial charge in [-0.3, -0.25) is 0 Å². The minimum atomic E-state index is -0.607. The molecule has 0 heterocycles. The van der Waals surface area contributed by atoms with Gasteiger partial charge in [-0.2, -0.15) is 0 Å². The molecule has 0 saturated carbocycles. The second-order valence-corrected chi connectivity index (χ2v) is 18.0. The smallest absolute Gasteiger partial charge is 0.0720 e. The Morgan fingerprint density at radius 1 is 0.206 bits per heavy atom. The molecule has 2 nitrogen and oxygen atoms in total. The van der Waals surface area contributed by atoms with Crippen LogP contribution in [0, 0.1) is 0 Å². The molecule has 0 radical (unpaired) electrons. The molecule has 0 amide bonds. The van der Waals surface area contributed by atoms with Gasteiger partial charge in [-0.15, -0.1) is 0 Å². The normalized spacial score (nSPS) is 13.5. The molecular weight excluding hydrogens is 821 g/mol. The molecule has 0 unspecified atom stereocenters. The number of hydrogen-bond donors (Lipinski definition) is 0. The molecular formula is C66H46N2. The van der Waals surface area contributed by atoms with Crippen LogP contribution in [0.25, 0.3) is 21.9 Å². The maximum atomic E-state index is 2.49. The van der Waals surface area contributed by atoms with Gasteiger partial charge in [0.1, 0.15) is 0 Å². The van der Waals surface area contributed by atoms with Gasteiger partial charge in [0.05, 0.1) is 10.8 Å². The quantitative estimate of drug-likeness (QED) is 0.150. The first-order valence-electron chi connectivity index (χ1n) is 23.6. The molecule has 0 aromatic heterocycles. The Kier molecular flexibility index (Phi) is 9.33. The van der Waals surface area contributed by atoms with E-state index in [0.717, 1.165) is 34.1 Å². The highest BCUT2D eigenvalue weighted by molar-refractivity contribution is 5.93. The average Bonchev–Trinajstić information content (AvgIpc) is 3.70. The summed E-state index contributed by atoms with van der Waals surface area (Å²) >= 11 is 0. The van der Waals surface area contributed by atoms with Crippen LogP contribution in [-0.2, 0) is 10.8 Å². The molecule has 13 rings (SSSR count). The maximum absolute atomic E-state index is 2.49. The number of para-hydroxylation sites is 2. The van der Waals surface area contributed by atoms with Crippen molar-refractivity contribution in [2.75, 3.05) is 9.80 Å². The Labute approximate surface area is 398 Å². The molecule has 0 bridgehead atoms. The van der Waals surface area contributed by atoms with Crippen LogP contribution in [-0.4, -0.2) is 0 Å². The van der Waals surface area contributed by atoms with Gasteiger partial charge in [0.15, 0.2) is 0 Å². The largest absolute Gasteiger partial charge is 0.310 e. The molecule has 0 aliphatic heterocycles. The Hall–Kier alpha value is -8.72. The second-order valence-electron chi connectivity index (χ2n) is 18.0. The van der Waals surface area contributed by atoms with Crippen molar-refractivity contribution in [3.05, 3.63) is 324 Å². The van der Waals surface area contributed by atoms with E-state index < -0.39 is 10.8 Å². The van der Waals surface area contributed by atoms with E-state index in [2.05, 4.69) is 289 Å². The fraction of sp³-hybridized carbons (Fsp3) is 0.0303. The lowest BCUT2D eigenvalue weighted by Gasteiger charge is -2.50. The van der Waals surface area contributed by atoms with Crippen LogP contribution in [0.15, 0.2) is 279 Å². The van der Waals surface area contributed by atoms with Crippen LogP contribution in [0.2, 0.25) is 0 Å². The van der Waals surface area contributed by atoms with E-state index in [-0.39, 0.29) is 0 Å². The lowest BCUT2D eigenvalue weighted by Crippen LogP contribution is -2.44. The molecule has 0 fully saturated rings. The third kappa shape index (κ3) is 5.91. The average molecular weight is 867 g/mol. The number of hydrogen-bond acceptors (Lipinski definition) is 2. The molecule has 0 saturated heterocycles. The van der Waals surface area contributed by atoms with Crippen LogP contribution in [0.3, 0.4) is 0 Å². The maximum Gasteiger partial charge on any atom is 0.0720 e. The summed E-state index contributed by atoms with van der Waals surface area (Å²) in [5, 5.41) is 2.44. The Morgan fingerprint density at radius 2 is 0.559 bits per heavy atom. The highest BCUT2D eigenvalue weighted by atomic mass is 15.2. The van der Waals surface area contributed by atoms with Crippen LogP contribution in [0.4, 0.5) is 34.1 Å². The van der Waals surface area contributed by atoms with Crippen molar-refractivity contribution in [2.45, 2.75) is 10.8 Å². The molecule has 68 heavy (non-hydrogen) atoms.